The maximum absolute atomic E-state index is 11.4. The van der Waals surface area contributed by atoms with Crippen LogP contribution in [0.3, 0.4) is 0 Å². The average molecular weight is 364 g/mol. The van der Waals surface area contributed by atoms with Gasteiger partial charge in [0.25, 0.3) is 0 Å². The van der Waals surface area contributed by atoms with Crippen molar-refractivity contribution in [2.75, 3.05) is 18.0 Å². The molecule has 3 rings (SSSR count). The number of nitrogens with two attached hydrogens (primary N) is 1. The Morgan fingerprint density at radius 1 is 1.24 bits per heavy atom. The van der Waals surface area contributed by atoms with E-state index < -0.39 is 0 Å². The molecule has 1 aromatic carbocycles. The molecule has 1 fully saturated rings. The second-order valence-corrected chi connectivity index (χ2v) is 6.47. The number of furan rings is 1. The molecule has 0 aliphatic carbocycles. The lowest BCUT2D eigenvalue weighted by Gasteiger charge is -2.33. The summed E-state index contributed by atoms with van der Waals surface area (Å²) in [5.74, 6) is 1.67. The monoisotopic (exact) mass is 363 g/mol. The number of nitrogens with one attached hydrogen (secondary N) is 1. The molecule has 0 saturated carbocycles. The van der Waals surface area contributed by atoms with Gasteiger partial charge < -0.3 is 20.4 Å². The zero-order chi connectivity index (χ0) is 16.9. The van der Waals surface area contributed by atoms with E-state index in [-0.39, 0.29) is 24.2 Å². The van der Waals surface area contributed by atoms with Crippen LogP contribution in [0.4, 0.5) is 5.69 Å². The SMILES string of the molecule is Cc1ccc(CNCc2ccc(N3CCCC(C(N)=O)C3)cc2)o1.Cl. The molecule has 2 heterocycles. The van der Waals surface area contributed by atoms with E-state index in [1.54, 1.807) is 0 Å². The van der Waals surface area contributed by atoms with Gasteiger partial charge in [-0.15, -0.1) is 12.4 Å². The third-order valence-electron chi connectivity index (χ3n) is 4.55. The third-order valence-corrected chi connectivity index (χ3v) is 4.55. The van der Waals surface area contributed by atoms with Crippen LogP contribution < -0.4 is 16.0 Å². The number of halogens is 1. The van der Waals surface area contributed by atoms with Crippen LogP contribution in [0.15, 0.2) is 40.8 Å². The predicted molar refractivity (Wildman–Crippen MR) is 102 cm³/mol. The second-order valence-electron chi connectivity index (χ2n) is 6.47. The molecule has 6 heteroatoms. The molecule has 5 nitrogen and oxygen atoms in total. The molecule has 2 aromatic rings. The lowest BCUT2D eigenvalue weighted by Crippen LogP contribution is -2.41. The van der Waals surface area contributed by atoms with Crippen molar-refractivity contribution in [2.45, 2.75) is 32.9 Å². The van der Waals surface area contributed by atoms with Crippen LogP contribution in [0.25, 0.3) is 0 Å². The Balaban J connectivity index is 0.00000225. The summed E-state index contributed by atoms with van der Waals surface area (Å²) in [6, 6.07) is 12.5. The summed E-state index contributed by atoms with van der Waals surface area (Å²) in [7, 11) is 0. The Labute approximate surface area is 155 Å². The first-order valence-corrected chi connectivity index (χ1v) is 8.51. The summed E-state index contributed by atoms with van der Waals surface area (Å²) in [6.45, 7) is 5.18. The highest BCUT2D eigenvalue weighted by Crippen LogP contribution is 2.23. The van der Waals surface area contributed by atoms with Crippen LogP contribution in [-0.4, -0.2) is 19.0 Å². The van der Waals surface area contributed by atoms with Crippen molar-refractivity contribution in [3.63, 3.8) is 0 Å². The number of amides is 1. The van der Waals surface area contributed by atoms with Gasteiger partial charge in [-0.05, 0) is 49.6 Å². The van der Waals surface area contributed by atoms with Gasteiger partial charge in [0, 0.05) is 25.3 Å². The van der Waals surface area contributed by atoms with Gasteiger partial charge in [0.05, 0.1) is 12.5 Å². The molecule has 1 atom stereocenters. The van der Waals surface area contributed by atoms with Crippen LogP contribution >= 0.6 is 12.4 Å². The quantitative estimate of drug-likeness (QED) is 0.827. The first-order valence-electron chi connectivity index (χ1n) is 8.51. The molecule has 1 unspecified atom stereocenters. The van der Waals surface area contributed by atoms with Crippen molar-refractivity contribution in [3.8, 4) is 0 Å². The number of nitrogens with zero attached hydrogens (tertiary/aromatic N) is 1. The van der Waals surface area contributed by atoms with Crippen molar-refractivity contribution < 1.29 is 9.21 Å². The highest BCUT2D eigenvalue weighted by Gasteiger charge is 2.23. The van der Waals surface area contributed by atoms with Crippen molar-refractivity contribution >= 4 is 24.0 Å². The molecule has 0 spiro atoms. The van der Waals surface area contributed by atoms with E-state index in [0.717, 1.165) is 56.2 Å². The molecular formula is C19H26ClN3O2. The summed E-state index contributed by atoms with van der Waals surface area (Å²) in [5, 5.41) is 3.38. The largest absolute Gasteiger partial charge is 0.465 e. The topological polar surface area (TPSA) is 71.5 Å². The Kier molecular flexibility index (Phi) is 6.91. The highest BCUT2D eigenvalue weighted by molar-refractivity contribution is 5.85. The Bertz CT molecular complexity index is 684. The van der Waals surface area contributed by atoms with Crippen LogP contribution in [0.5, 0.6) is 0 Å². The number of aryl methyl sites for hydroxylation is 1. The average Bonchev–Trinajstić information content (AvgIpc) is 3.01. The summed E-state index contributed by atoms with van der Waals surface area (Å²) < 4.78 is 5.54. The molecule has 1 amide bonds. The van der Waals surface area contributed by atoms with Crippen molar-refractivity contribution in [2.24, 2.45) is 11.7 Å². The van der Waals surface area contributed by atoms with E-state index in [4.69, 9.17) is 10.2 Å². The maximum atomic E-state index is 11.4. The summed E-state index contributed by atoms with van der Waals surface area (Å²) >= 11 is 0. The number of rotatable bonds is 6. The summed E-state index contributed by atoms with van der Waals surface area (Å²) in [6.07, 6.45) is 1.92. The Morgan fingerprint density at radius 3 is 2.64 bits per heavy atom. The molecule has 136 valence electrons. The minimum Gasteiger partial charge on any atom is -0.465 e. The van der Waals surface area contributed by atoms with Gasteiger partial charge in [0.15, 0.2) is 0 Å². The van der Waals surface area contributed by atoms with Crippen LogP contribution in [0.2, 0.25) is 0 Å². The number of hydrogen-bond acceptors (Lipinski definition) is 4. The van der Waals surface area contributed by atoms with Crippen LogP contribution in [0, 0.1) is 12.8 Å². The lowest BCUT2D eigenvalue weighted by atomic mass is 9.97. The minimum absolute atomic E-state index is 0. The van der Waals surface area contributed by atoms with Gasteiger partial charge in [-0.2, -0.15) is 0 Å². The van der Waals surface area contributed by atoms with E-state index in [2.05, 4.69) is 34.5 Å². The first-order chi connectivity index (χ1) is 11.6. The summed E-state index contributed by atoms with van der Waals surface area (Å²) in [5.41, 5.74) is 7.84. The van der Waals surface area contributed by atoms with Crippen LogP contribution in [-0.2, 0) is 17.9 Å². The molecule has 25 heavy (non-hydrogen) atoms. The predicted octanol–water partition coefficient (Wildman–Crippen LogP) is 3.00. The molecule has 3 N–H and O–H groups in total. The van der Waals surface area contributed by atoms with Crippen molar-refractivity contribution in [1.82, 2.24) is 5.32 Å². The zero-order valence-corrected chi connectivity index (χ0v) is 15.3. The zero-order valence-electron chi connectivity index (χ0n) is 14.5. The third kappa shape index (κ3) is 5.25. The minimum atomic E-state index is -0.186. The number of carbonyl (C=O) groups is 1. The number of benzene rings is 1. The number of carbonyl (C=O) groups excluding carboxylic acids is 1. The van der Waals surface area contributed by atoms with Gasteiger partial charge in [0.1, 0.15) is 11.5 Å². The normalized spacial score (nSPS) is 17.2. The van der Waals surface area contributed by atoms with E-state index >= 15 is 0 Å². The van der Waals surface area contributed by atoms with Crippen molar-refractivity contribution in [1.29, 1.82) is 0 Å². The molecule has 1 aromatic heterocycles. The number of piperidine rings is 1. The molecule has 1 saturated heterocycles. The van der Waals surface area contributed by atoms with Gasteiger partial charge in [-0.25, -0.2) is 0 Å². The van der Waals surface area contributed by atoms with E-state index in [0.29, 0.717) is 0 Å². The number of hydrogen-bond donors (Lipinski definition) is 2. The fourth-order valence-corrected chi connectivity index (χ4v) is 3.18. The molecule has 1 aliphatic rings. The van der Waals surface area contributed by atoms with Crippen molar-refractivity contribution in [3.05, 3.63) is 53.5 Å². The van der Waals surface area contributed by atoms with E-state index in [1.807, 2.05) is 19.1 Å². The lowest BCUT2D eigenvalue weighted by molar-refractivity contribution is -0.122. The standard InChI is InChI=1S/C19H25N3O2.ClH/c1-14-4-9-18(24-14)12-21-11-15-5-7-17(8-6-15)22-10-2-3-16(13-22)19(20)23;/h4-9,16,21H,2-3,10-13H2,1H3,(H2,20,23);1H. The Hall–Kier alpha value is -1.98. The number of anilines is 1. The van der Waals surface area contributed by atoms with Gasteiger partial charge in [0.2, 0.25) is 5.91 Å². The fourth-order valence-electron chi connectivity index (χ4n) is 3.18. The molecule has 1 aliphatic heterocycles. The van der Waals surface area contributed by atoms with Crippen LogP contribution in [0.1, 0.15) is 29.9 Å². The molecular weight excluding hydrogens is 338 g/mol. The highest BCUT2D eigenvalue weighted by atomic mass is 35.5. The summed E-state index contributed by atoms with van der Waals surface area (Å²) in [4.78, 5) is 13.7. The maximum Gasteiger partial charge on any atom is 0.222 e. The van der Waals surface area contributed by atoms with Gasteiger partial charge in [-0.1, -0.05) is 12.1 Å². The second kappa shape index (κ2) is 8.92. The smallest absolute Gasteiger partial charge is 0.222 e. The molecule has 0 bridgehead atoms. The fraction of sp³-hybridized carbons (Fsp3) is 0.421. The van der Waals surface area contributed by atoms with Gasteiger partial charge >= 0.3 is 0 Å². The molecule has 0 radical (unpaired) electrons. The number of primary amides is 1. The Morgan fingerprint density at radius 2 is 2.00 bits per heavy atom. The first kappa shape index (κ1) is 19.3. The van der Waals surface area contributed by atoms with E-state index in [9.17, 15) is 4.79 Å². The van der Waals surface area contributed by atoms with E-state index in [1.165, 1.54) is 5.56 Å². The van der Waals surface area contributed by atoms with Gasteiger partial charge in [-0.3, -0.25) is 4.79 Å².